The summed E-state index contributed by atoms with van der Waals surface area (Å²) in [4.78, 5) is 14.2. The predicted octanol–water partition coefficient (Wildman–Crippen LogP) is 2.47. The van der Waals surface area contributed by atoms with E-state index in [9.17, 15) is 4.79 Å². The Bertz CT molecular complexity index is 524. The van der Waals surface area contributed by atoms with Gasteiger partial charge in [0, 0.05) is 11.2 Å². The van der Waals surface area contributed by atoms with Crippen LogP contribution >= 0.6 is 0 Å². The molecule has 110 valence electrons. The smallest absolute Gasteiger partial charge is 0.256 e. The number of anilines is 1. The number of nitrogens with zero attached hydrogens (tertiary/aromatic N) is 1. The molecule has 0 saturated carbocycles. The lowest BCUT2D eigenvalue weighted by molar-refractivity contribution is -0.122. The molecule has 1 aromatic carbocycles. The summed E-state index contributed by atoms with van der Waals surface area (Å²) in [5.74, 6) is 5.67. The van der Waals surface area contributed by atoms with Gasteiger partial charge in [-0.05, 0) is 51.2 Å². The average molecular weight is 275 g/mol. The van der Waals surface area contributed by atoms with Crippen molar-refractivity contribution < 1.29 is 4.79 Å². The van der Waals surface area contributed by atoms with Crippen molar-refractivity contribution >= 4 is 11.6 Å². The maximum absolute atomic E-state index is 12.0. The highest BCUT2D eigenvalue weighted by atomic mass is 16.2. The van der Waals surface area contributed by atoms with E-state index in [1.807, 2.05) is 6.92 Å². The molecular weight excluding hydrogens is 250 g/mol. The van der Waals surface area contributed by atoms with Crippen molar-refractivity contribution in [1.82, 2.24) is 5.43 Å². The topological polar surface area (TPSA) is 58.4 Å². The number of rotatable bonds is 2. The van der Waals surface area contributed by atoms with Crippen molar-refractivity contribution in [3.05, 3.63) is 29.3 Å². The second kappa shape index (κ2) is 5.09. The molecular formula is C16H25N3O. The largest absolute Gasteiger partial charge is 0.354 e. The van der Waals surface area contributed by atoms with Crippen molar-refractivity contribution in [1.29, 1.82) is 0 Å². The number of nitrogens with two attached hydrogens (primary N) is 1. The highest BCUT2D eigenvalue weighted by Crippen LogP contribution is 2.45. The third-order valence-electron chi connectivity index (χ3n) is 4.41. The SMILES string of the molecule is Cc1cccc2c1N([C@@H](C)C(=O)NN)C(C)(C)C[C@@H]2C. The molecule has 0 radical (unpaired) electrons. The van der Waals surface area contributed by atoms with Gasteiger partial charge < -0.3 is 4.90 Å². The molecule has 0 fully saturated rings. The van der Waals surface area contributed by atoms with E-state index < -0.39 is 0 Å². The number of fused-ring (bicyclic) bond motifs is 1. The summed E-state index contributed by atoms with van der Waals surface area (Å²) in [7, 11) is 0. The van der Waals surface area contributed by atoms with E-state index >= 15 is 0 Å². The second-order valence-electron chi connectivity index (χ2n) is 6.48. The van der Waals surface area contributed by atoms with Gasteiger partial charge in [0.25, 0.3) is 5.91 Å². The van der Waals surface area contributed by atoms with Crippen LogP contribution in [0.5, 0.6) is 0 Å². The van der Waals surface area contributed by atoms with Crippen molar-refractivity contribution in [2.24, 2.45) is 5.84 Å². The van der Waals surface area contributed by atoms with Gasteiger partial charge in [0.05, 0.1) is 0 Å². The lowest BCUT2D eigenvalue weighted by atomic mass is 9.78. The number of carbonyl (C=O) groups excluding carboxylic acids is 1. The van der Waals surface area contributed by atoms with Crippen LogP contribution in [-0.4, -0.2) is 17.5 Å². The van der Waals surface area contributed by atoms with E-state index in [2.05, 4.69) is 56.2 Å². The lowest BCUT2D eigenvalue weighted by Gasteiger charge is -2.50. The van der Waals surface area contributed by atoms with E-state index in [4.69, 9.17) is 5.84 Å². The molecule has 0 aliphatic carbocycles. The van der Waals surface area contributed by atoms with Gasteiger partial charge in [-0.3, -0.25) is 10.2 Å². The van der Waals surface area contributed by atoms with E-state index in [0.29, 0.717) is 5.92 Å². The summed E-state index contributed by atoms with van der Waals surface area (Å²) in [5, 5.41) is 0. The lowest BCUT2D eigenvalue weighted by Crippen LogP contribution is -2.58. The number of hydrazine groups is 1. The monoisotopic (exact) mass is 275 g/mol. The predicted molar refractivity (Wildman–Crippen MR) is 82.6 cm³/mol. The van der Waals surface area contributed by atoms with Crippen LogP contribution in [0.1, 0.15) is 51.2 Å². The van der Waals surface area contributed by atoms with E-state index in [1.165, 1.54) is 16.8 Å². The maximum atomic E-state index is 12.0. The first kappa shape index (κ1) is 14.9. The summed E-state index contributed by atoms with van der Waals surface area (Å²) < 4.78 is 0. The number of hydrogen-bond acceptors (Lipinski definition) is 3. The molecule has 2 atom stereocenters. The van der Waals surface area contributed by atoms with Gasteiger partial charge >= 0.3 is 0 Å². The van der Waals surface area contributed by atoms with Gasteiger partial charge in [-0.25, -0.2) is 5.84 Å². The summed E-state index contributed by atoms with van der Waals surface area (Å²) in [6.45, 7) is 10.7. The number of aryl methyl sites for hydroxylation is 1. The van der Waals surface area contributed by atoms with Crippen LogP contribution < -0.4 is 16.2 Å². The molecule has 1 aliphatic heterocycles. The first-order valence-corrected chi connectivity index (χ1v) is 7.19. The van der Waals surface area contributed by atoms with Gasteiger partial charge in [-0.15, -0.1) is 0 Å². The van der Waals surface area contributed by atoms with Crippen LogP contribution in [0, 0.1) is 6.92 Å². The summed E-state index contributed by atoms with van der Waals surface area (Å²) >= 11 is 0. The number of carbonyl (C=O) groups is 1. The number of nitrogens with one attached hydrogen (secondary N) is 1. The molecule has 2 rings (SSSR count). The van der Waals surface area contributed by atoms with Gasteiger partial charge in [-0.2, -0.15) is 0 Å². The van der Waals surface area contributed by atoms with E-state index in [-0.39, 0.29) is 17.5 Å². The number of hydrogen-bond donors (Lipinski definition) is 2. The van der Waals surface area contributed by atoms with Crippen molar-refractivity contribution in [3.8, 4) is 0 Å². The fourth-order valence-corrected chi connectivity index (χ4v) is 3.62. The molecule has 20 heavy (non-hydrogen) atoms. The molecule has 3 N–H and O–H groups in total. The molecule has 1 heterocycles. The van der Waals surface area contributed by atoms with Crippen LogP contribution in [0.2, 0.25) is 0 Å². The summed E-state index contributed by atoms with van der Waals surface area (Å²) in [5.41, 5.74) is 5.92. The Balaban J connectivity index is 2.59. The van der Waals surface area contributed by atoms with Crippen molar-refractivity contribution in [3.63, 3.8) is 0 Å². The minimum Gasteiger partial charge on any atom is -0.354 e. The van der Waals surface area contributed by atoms with Crippen molar-refractivity contribution in [2.75, 3.05) is 4.90 Å². The Hall–Kier alpha value is -1.55. The second-order valence-corrected chi connectivity index (χ2v) is 6.48. The van der Waals surface area contributed by atoms with Gasteiger partial charge in [0.2, 0.25) is 0 Å². The van der Waals surface area contributed by atoms with Crippen LogP contribution in [0.3, 0.4) is 0 Å². The highest BCUT2D eigenvalue weighted by Gasteiger charge is 2.41. The van der Waals surface area contributed by atoms with Crippen LogP contribution in [0.15, 0.2) is 18.2 Å². The summed E-state index contributed by atoms with van der Waals surface area (Å²) in [6, 6.07) is 6.08. The third kappa shape index (κ3) is 2.29. The zero-order chi connectivity index (χ0) is 15.1. The number of amides is 1. The molecule has 1 amide bonds. The Morgan fingerprint density at radius 3 is 2.75 bits per heavy atom. The average Bonchev–Trinajstić information content (AvgIpc) is 2.37. The minimum atomic E-state index is -0.289. The van der Waals surface area contributed by atoms with Gasteiger partial charge in [0.1, 0.15) is 6.04 Å². The third-order valence-corrected chi connectivity index (χ3v) is 4.41. The molecule has 4 nitrogen and oxygen atoms in total. The maximum Gasteiger partial charge on any atom is 0.256 e. The molecule has 0 saturated heterocycles. The highest BCUT2D eigenvalue weighted by molar-refractivity contribution is 5.86. The Labute approximate surface area is 121 Å². The fraction of sp³-hybridized carbons (Fsp3) is 0.562. The molecule has 0 unspecified atom stereocenters. The Morgan fingerprint density at radius 1 is 1.50 bits per heavy atom. The first-order chi connectivity index (χ1) is 9.29. The Morgan fingerprint density at radius 2 is 2.15 bits per heavy atom. The molecule has 0 aromatic heterocycles. The zero-order valence-corrected chi connectivity index (χ0v) is 13.0. The Kier molecular flexibility index (Phi) is 3.78. The van der Waals surface area contributed by atoms with Gasteiger partial charge in [-0.1, -0.05) is 25.1 Å². The van der Waals surface area contributed by atoms with Crippen molar-refractivity contribution in [2.45, 2.75) is 58.5 Å². The number of benzene rings is 1. The molecule has 0 bridgehead atoms. The minimum absolute atomic E-state index is 0.0789. The standard InChI is InChI=1S/C16H25N3O/c1-10-7-6-8-13-11(2)9-16(4,5)19(14(10)13)12(3)15(20)18-17/h6-8,11-12H,9,17H2,1-5H3,(H,18,20)/t11-,12-/m0/s1. The van der Waals surface area contributed by atoms with Crippen LogP contribution in [-0.2, 0) is 4.79 Å². The van der Waals surface area contributed by atoms with E-state index in [0.717, 1.165) is 6.42 Å². The van der Waals surface area contributed by atoms with Gasteiger partial charge in [0.15, 0.2) is 0 Å². The number of para-hydroxylation sites is 1. The zero-order valence-electron chi connectivity index (χ0n) is 13.0. The normalized spacial score (nSPS) is 22.1. The van der Waals surface area contributed by atoms with Crippen LogP contribution in [0.4, 0.5) is 5.69 Å². The molecule has 1 aliphatic rings. The molecule has 4 heteroatoms. The quantitative estimate of drug-likeness (QED) is 0.495. The first-order valence-electron chi connectivity index (χ1n) is 7.19. The molecule has 0 spiro atoms. The fourth-order valence-electron chi connectivity index (χ4n) is 3.62. The summed E-state index contributed by atoms with van der Waals surface area (Å²) in [6.07, 6.45) is 1.02. The van der Waals surface area contributed by atoms with E-state index in [1.54, 1.807) is 0 Å². The van der Waals surface area contributed by atoms with Crippen LogP contribution in [0.25, 0.3) is 0 Å². The molecule has 1 aromatic rings.